The Balaban J connectivity index is 2.02. The van der Waals surface area contributed by atoms with E-state index in [9.17, 15) is 9.90 Å². The molecule has 7 nitrogen and oxygen atoms in total. The predicted molar refractivity (Wildman–Crippen MR) is 105 cm³/mol. The highest BCUT2D eigenvalue weighted by molar-refractivity contribution is 7.15. The summed E-state index contributed by atoms with van der Waals surface area (Å²) in [4.78, 5) is 17.5. The number of hydrogen-bond acceptors (Lipinski definition) is 6. The van der Waals surface area contributed by atoms with Crippen LogP contribution < -0.4 is 0 Å². The molecule has 8 heteroatoms. The summed E-state index contributed by atoms with van der Waals surface area (Å²) in [5, 5.41) is 27.9. The van der Waals surface area contributed by atoms with Crippen molar-refractivity contribution in [3.8, 4) is 11.1 Å². The Morgan fingerprint density at radius 1 is 1.25 bits per heavy atom. The lowest BCUT2D eigenvalue weighted by Crippen LogP contribution is -2.10. The van der Waals surface area contributed by atoms with Crippen LogP contribution in [0.2, 0.25) is 0 Å². The van der Waals surface area contributed by atoms with Gasteiger partial charge in [-0.3, -0.25) is 14.4 Å². The van der Waals surface area contributed by atoms with Gasteiger partial charge < -0.3 is 5.11 Å². The molecule has 4 rings (SSSR count). The zero-order valence-corrected chi connectivity index (χ0v) is 16.4. The molecule has 0 fully saturated rings. The third-order valence-corrected chi connectivity index (χ3v) is 6.09. The second-order valence-electron chi connectivity index (χ2n) is 6.68. The minimum Gasteiger partial charge on any atom is -0.481 e. The van der Waals surface area contributed by atoms with Gasteiger partial charge in [0, 0.05) is 16.0 Å². The number of aryl methyl sites for hydroxylation is 2. The van der Waals surface area contributed by atoms with E-state index in [0.29, 0.717) is 17.2 Å². The molecule has 1 atom stereocenters. The number of aliphatic imine (C=N–C) groups is 1. The van der Waals surface area contributed by atoms with Crippen molar-refractivity contribution in [1.82, 2.24) is 14.8 Å². The molecule has 0 unspecified atom stereocenters. The molecule has 0 aliphatic carbocycles. The molecule has 0 bridgehead atoms. The van der Waals surface area contributed by atoms with Crippen molar-refractivity contribution in [3.05, 3.63) is 63.0 Å². The molecule has 3 heterocycles. The Morgan fingerprint density at radius 2 is 1.96 bits per heavy atom. The number of carboxylic acid groups (broad SMARTS) is 1. The van der Waals surface area contributed by atoms with E-state index in [1.807, 2.05) is 30.5 Å². The summed E-state index contributed by atoms with van der Waals surface area (Å²) >= 11 is 1.62. The van der Waals surface area contributed by atoms with Crippen LogP contribution in [0.1, 0.15) is 51.2 Å². The van der Waals surface area contributed by atoms with E-state index in [4.69, 9.17) is 10.3 Å². The van der Waals surface area contributed by atoms with Crippen molar-refractivity contribution >= 4 is 23.0 Å². The number of aromatic nitrogens is 3. The zero-order chi connectivity index (χ0) is 20.0. The monoisotopic (exact) mass is 391 g/mol. The first-order valence-corrected chi connectivity index (χ1v) is 9.55. The van der Waals surface area contributed by atoms with E-state index in [1.165, 1.54) is 0 Å². The fourth-order valence-electron chi connectivity index (χ4n) is 3.39. The van der Waals surface area contributed by atoms with E-state index in [0.717, 1.165) is 32.3 Å². The van der Waals surface area contributed by atoms with Crippen LogP contribution in [0.15, 0.2) is 29.3 Å². The van der Waals surface area contributed by atoms with Crippen LogP contribution in [0.4, 0.5) is 0 Å². The molecule has 0 saturated carbocycles. The van der Waals surface area contributed by atoms with Gasteiger partial charge in [-0.1, -0.05) is 12.1 Å². The topological polar surface area (TPSA) is 104 Å². The smallest absolute Gasteiger partial charge is 0.306 e. The van der Waals surface area contributed by atoms with Crippen LogP contribution in [0.3, 0.4) is 0 Å². The summed E-state index contributed by atoms with van der Waals surface area (Å²) in [7, 11) is 0. The maximum Gasteiger partial charge on any atom is 0.306 e. The van der Waals surface area contributed by atoms with Gasteiger partial charge in [0.05, 0.1) is 23.8 Å². The molecule has 1 aromatic carbocycles. The maximum absolute atomic E-state index is 11.5. The Labute approximate surface area is 165 Å². The number of hydrogen-bond donors (Lipinski definition) is 1. The van der Waals surface area contributed by atoms with Gasteiger partial charge in [0.15, 0.2) is 5.82 Å². The molecular weight excluding hydrogens is 374 g/mol. The van der Waals surface area contributed by atoms with Crippen molar-refractivity contribution in [2.45, 2.75) is 33.2 Å². The minimum atomic E-state index is -0.946. The lowest BCUT2D eigenvalue weighted by Gasteiger charge is -2.10. The second kappa shape index (κ2) is 6.69. The van der Waals surface area contributed by atoms with Gasteiger partial charge in [-0.25, -0.2) is 0 Å². The Hall–Kier alpha value is -3.31. The third-order valence-electron chi connectivity index (χ3n) is 4.89. The van der Waals surface area contributed by atoms with E-state index >= 15 is 0 Å². The largest absolute Gasteiger partial charge is 0.481 e. The van der Waals surface area contributed by atoms with E-state index in [1.54, 1.807) is 23.5 Å². The SMILES string of the molecule is Cc1sc2c(c1C)C(c1ccc(C#N)cc1)=N[C@H](CC(=O)O)c1nnc(C)n1-2. The number of carboxylic acids is 1. The molecule has 1 aliphatic heterocycles. The maximum atomic E-state index is 11.5. The van der Waals surface area contributed by atoms with E-state index in [2.05, 4.69) is 23.2 Å². The summed E-state index contributed by atoms with van der Waals surface area (Å²) in [6.07, 6.45) is -0.176. The van der Waals surface area contributed by atoms with Gasteiger partial charge in [0.1, 0.15) is 16.9 Å². The summed E-state index contributed by atoms with van der Waals surface area (Å²) in [6.45, 7) is 5.95. The van der Waals surface area contributed by atoms with E-state index in [-0.39, 0.29) is 6.42 Å². The zero-order valence-electron chi connectivity index (χ0n) is 15.6. The van der Waals surface area contributed by atoms with Gasteiger partial charge in [-0.05, 0) is 38.5 Å². The standard InChI is InChI=1S/C20H17N5O2S/c1-10-11(2)28-20-17(10)18(14-6-4-13(9-21)5-7-14)22-15(8-16(26)27)19-24-23-12(3)25(19)20/h4-7,15H,8H2,1-3H3,(H,26,27)/t15-/m1/s1. The van der Waals surface area contributed by atoms with Crippen molar-refractivity contribution in [3.63, 3.8) is 0 Å². The van der Waals surface area contributed by atoms with Crippen LogP contribution in [-0.2, 0) is 4.79 Å². The average molecular weight is 391 g/mol. The molecule has 28 heavy (non-hydrogen) atoms. The Bertz CT molecular complexity index is 1160. The first-order valence-electron chi connectivity index (χ1n) is 8.73. The second-order valence-corrected chi connectivity index (χ2v) is 7.89. The van der Waals surface area contributed by atoms with Crippen LogP contribution in [0, 0.1) is 32.1 Å². The minimum absolute atomic E-state index is 0.176. The molecule has 140 valence electrons. The lowest BCUT2D eigenvalue weighted by atomic mass is 9.99. The highest BCUT2D eigenvalue weighted by Gasteiger charge is 2.32. The molecular formula is C20H17N5O2S. The van der Waals surface area contributed by atoms with Crippen LogP contribution >= 0.6 is 11.3 Å². The Morgan fingerprint density at radius 3 is 2.61 bits per heavy atom. The fraction of sp³-hybridized carbons (Fsp3) is 0.250. The predicted octanol–water partition coefficient (Wildman–Crippen LogP) is 3.49. The quantitative estimate of drug-likeness (QED) is 0.736. The highest BCUT2D eigenvalue weighted by atomic mass is 32.1. The van der Waals surface area contributed by atoms with Crippen LogP contribution in [0.25, 0.3) is 5.00 Å². The molecule has 3 aromatic rings. The van der Waals surface area contributed by atoms with Crippen molar-refractivity contribution in [2.24, 2.45) is 4.99 Å². The number of thiophene rings is 1. The Kier molecular flexibility index (Phi) is 4.32. The average Bonchev–Trinajstić information content (AvgIpc) is 3.14. The number of nitriles is 1. The lowest BCUT2D eigenvalue weighted by molar-refractivity contribution is -0.137. The van der Waals surface area contributed by atoms with Gasteiger partial charge in [0.2, 0.25) is 0 Å². The van der Waals surface area contributed by atoms with Crippen LogP contribution in [0.5, 0.6) is 0 Å². The van der Waals surface area contributed by atoms with Gasteiger partial charge >= 0.3 is 5.97 Å². The fourth-order valence-corrected chi connectivity index (χ4v) is 4.61. The number of rotatable bonds is 3. The first kappa shape index (κ1) is 18.1. The van der Waals surface area contributed by atoms with Gasteiger partial charge in [0.25, 0.3) is 0 Å². The normalized spacial score (nSPS) is 15.2. The number of fused-ring (bicyclic) bond motifs is 3. The molecule has 1 aliphatic rings. The highest BCUT2D eigenvalue weighted by Crippen LogP contribution is 2.39. The third kappa shape index (κ3) is 2.80. The molecule has 0 saturated heterocycles. The summed E-state index contributed by atoms with van der Waals surface area (Å²) in [5.41, 5.74) is 4.18. The van der Waals surface area contributed by atoms with E-state index < -0.39 is 12.0 Å². The molecule has 0 amide bonds. The van der Waals surface area contributed by atoms with Crippen molar-refractivity contribution in [1.29, 1.82) is 5.26 Å². The molecule has 2 aromatic heterocycles. The molecule has 1 N–H and O–H groups in total. The van der Waals surface area contributed by atoms with Gasteiger partial charge in [-0.2, -0.15) is 5.26 Å². The van der Waals surface area contributed by atoms with Crippen molar-refractivity contribution < 1.29 is 9.90 Å². The summed E-state index contributed by atoms with van der Waals surface area (Å²) in [6, 6.07) is 8.66. The number of benzene rings is 1. The molecule has 0 spiro atoms. The van der Waals surface area contributed by atoms with Crippen LogP contribution in [-0.4, -0.2) is 31.6 Å². The van der Waals surface area contributed by atoms with Gasteiger partial charge in [-0.15, -0.1) is 21.5 Å². The molecule has 0 radical (unpaired) electrons. The number of nitrogens with zero attached hydrogens (tertiary/aromatic N) is 5. The van der Waals surface area contributed by atoms with Crippen molar-refractivity contribution in [2.75, 3.05) is 0 Å². The number of carbonyl (C=O) groups is 1. The summed E-state index contributed by atoms with van der Waals surface area (Å²) < 4.78 is 1.92. The first-order chi connectivity index (χ1) is 13.4. The number of aliphatic carboxylic acids is 1. The summed E-state index contributed by atoms with van der Waals surface area (Å²) in [5.74, 6) is 0.286.